The summed E-state index contributed by atoms with van der Waals surface area (Å²) in [5.41, 5.74) is 2.35. The van der Waals surface area contributed by atoms with Gasteiger partial charge in [0.05, 0.1) is 22.0 Å². The molecule has 1 aliphatic heterocycles. The Morgan fingerprint density at radius 2 is 2.25 bits per heavy atom. The van der Waals surface area contributed by atoms with Crippen LogP contribution in [-0.2, 0) is 17.7 Å². The fourth-order valence-electron chi connectivity index (χ4n) is 2.95. The van der Waals surface area contributed by atoms with Crippen LogP contribution in [0, 0.1) is 6.92 Å². The Labute approximate surface area is 130 Å². The van der Waals surface area contributed by atoms with Gasteiger partial charge in [-0.3, -0.25) is 4.68 Å². The second kappa shape index (κ2) is 7.57. The van der Waals surface area contributed by atoms with Gasteiger partial charge in [0.15, 0.2) is 0 Å². The van der Waals surface area contributed by atoms with Crippen LogP contribution < -0.4 is 5.32 Å². The molecule has 1 aromatic rings. The number of aromatic nitrogens is 2. The number of rotatable bonds is 6. The zero-order chi connectivity index (χ0) is 14.5. The number of hydrogen-bond donors (Lipinski definition) is 1. The molecule has 2 atom stereocenters. The van der Waals surface area contributed by atoms with Crippen molar-refractivity contribution in [1.29, 1.82) is 0 Å². The topological polar surface area (TPSA) is 39.1 Å². The van der Waals surface area contributed by atoms with Crippen LogP contribution in [-0.4, -0.2) is 35.1 Å². The molecule has 1 saturated heterocycles. The molecular formula is C15H26BrN3O. The standard InChI is InChI=1S/C15H26BrN3O/c1-4-17-12(14-8-6-7-9-20-14)10-13-15(16)11(3)18-19(13)5-2/h12,14,17H,4-10H2,1-3H3. The van der Waals surface area contributed by atoms with Crippen molar-refractivity contribution < 1.29 is 4.74 Å². The Bertz CT molecular complexity index is 427. The van der Waals surface area contributed by atoms with E-state index in [2.05, 4.69) is 51.8 Å². The minimum Gasteiger partial charge on any atom is -0.377 e. The van der Waals surface area contributed by atoms with E-state index in [1.807, 2.05) is 0 Å². The van der Waals surface area contributed by atoms with Gasteiger partial charge in [0.2, 0.25) is 0 Å². The van der Waals surface area contributed by atoms with Crippen molar-refractivity contribution in [2.45, 2.75) is 65.1 Å². The van der Waals surface area contributed by atoms with Crippen LogP contribution in [0.2, 0.25) is 0 Å². The van der Waals surface area contributed by atoms with Crippen molar-refractivity contribution in [1.82, 2.24) is 15.1 Å². The highest BCUT2D eigenvalue weighted by Crippen LogP contribution is 2.25. The highest BCUT2D eigenvalue weighted by Gasteiger charge is 2.26. The van der Waals surface area contributed by atoms with Gasteiger partial charge in [0, 0.05) is 25.6 Å². The summed E-state index contributed by atoms with van der Waals surface area (Å²) in [7, 11) is 0. The minimum atomic E-state index is 0.330. The van der Waals surface area contributed by atoms with Crippen LogP contribution in [0.4, 0.5) is 0 Å². The lowest BCUT2D eigenvalue weighted by molar-refractivity contribution is -0.00749. The van der Waals surface area contributed by atoms with Crippen LogP contribution >= 0.6 is 15.9 Å². The Morgan fingerprint density at radius 1 is 1.45 bits per heavy atom. The number of nitrogens with zero attached hydrogens (tertiary/aromatic N) is 2. The SMILES string of the molecule is CCNC(Cc1c(Br)c(C)nn1CC)C1CCCCO1. The summed E-state index contributed by atoms with van der Waals surface area (Å²) in [6, 6.07) is 0.373. The van der Waals surface area contributed by atoms with Crippen molar-refractivity contribution in [3.63, 3.8) is 0 Å². The van der Waals surface area contributed by atoms with Crippen LogP contribution in [0.5, 0.6) is 0 Å². The molecule has 0 saturated carbocycles. The first-order chi connectivity index (χ1) is 9.67. The summed E-state index contributed by atoms with van der Waals surface area (Å²) in [6.45, 7) is 9.14. The Morgan fingerprint density at radius 3 is 2.85 bits per heavy atom. The predicted octanol–water partition coefficient (Wildman–Crippen LogP) is 3.06. The van der Waals surface area contributed by atoms with E-state index in [1.54, 1.807) is 0 Å². The number of aryl methyl sites for hydroxylation is 2. The van der Waals surface area contributed by atoms with Gasteiger partial charge in [-0.25, -0.2) is 0 Å². The maximum absolute atomic E-state index is 5.98. The summed E-state index contributed by atoms with van der Waals surface area (Å²) in [5, 5.41) is 8.19. The maximum Gasteiger partial charge on any atom is 0.0738 e. The molecule has 2 rings (SSSR count). The summed E-state index contributed by atoms with van der Waals surface area (Å²) >= 11 is 3.69. The predicted molar refractivity (Wildman–Crippen MR) is 85.1 cm³/mol. The van der Waals surface area contributed by atoms with Crippen molar-refractivity contribution in [3.8, 4) is 0 Å². The normalized spacial score (nSPS) is 21.1. The van der Waals surface area contributed by atoms with E-state index >= 15 is 0 Å². The zero-order valence-electron chi connectivity index (χ0n) is 12.8. The quantitative estimate of drug-likeness (QED) is 0.862. The highest BCUT2D eigenvalue weighted by atomic mass is 79.9. The lowest BCUT2D eigenvalue weighted by Gasteiger charge is -2.31. The largest absolute Gasteiger partial charge is 0.377 e. The molecule has 114 valence electrons. The minimum absolute atomic E-state index is 0.330. The van der Waals surface area contributed by atoms with Crippen LogP contribution in [0.3, 0.4) is 0 Å². The average Bonchev–Trinajstić information content (AvgIpc) is 2.75. The van der Waals surface area contributed by atoms with Gasteiger partial charge in [-0.05, 0) is 55.6 Å². The van der Waals surface area contributed by atoms with Gasteiger partial charge in [0.1, 0.15) is 0 Å². The van der Waals surface area contributed by atoms with Gasteiger partial charge >= 0.3 is 0 Å². The number of ether oxygens (including phenoxy) is 1. The molecule has 2 unspecified atom stereocenters. The molecule has 0 aromatic carbocycles. The molecular weight excluding hydrogens is 318 g/mol. The molecule has 2 heterocycles. The smallest absolute Gasteiger partial charge is 0.0738 e. The molecule has 0 amide bonds. The summed E-state index contributed by atoms with van der Waals surface area (Å²) in [4.78, 5) is 0. The molecule has 1 fully saturated rings. The molecule has 0 radical (unpaired) electrons. The van der Waals surface area contributed by atoms with Crippen molar-refractivity contribution in [3.05, 3.63) is 15.9 Å². The number of halogens is 1. The number of likely N-dealkylation sites (N-methyl/N-ethyl adjacent to an activating group) is 1. The second-order valence-corrected chi connectivity index (χ2v) is 6.23. The van der Waals surface area contributed by atoms with E-state index in [0.717, 1.165) is 42.7 Å². The van der Waals surface area contributed by atoms with Gasteiger partial charge in [-0.1, -0.05) is 6.92 Å². The summed E-state index contributed by atoms with van der Waals surface area (Å²) < 4.78 is 9.23. The Kier molecular flexibility index (Phi) is 6.05. The van der Waals surface area contributed by atoms with Crippen LogP contribution in [0.25, 0.3) is 0 Å². The second-order valence-electron chi connectivity index (χ2n) is 5.44. The average molecular weight is 344 g/mol. The van der Waals surface area contributed by atoms with E-state index in [-0.39, 0.29) is 0 Å². The Balaban J connectivity index is 2.14. The number of hydrogen-bond acceptors (Lipinski definition) is 3. The molecule has 1 aliphatic rings. The van der Waals surface area contributed by atoms with Crippen LogP contribution in [0.15, 0.2) is 4.47 Å². The lowest BCUT2D eigenvalue weighted by Crippen LogP contribution is -2.44. The molecule has 0 aliphatic carbocycles. The molecule has 0 bridgehead atoms. The van der Waals surface area contributed by atoms with E-state index in [4.69, 9.17) is 4.74 Å². The molecule has 4 nitrogen and oxygen atoms in total. The van der Waals surface area contributed by atoms with Gasteiger partial charge in [0.25, 0.3) is 0 Å². The van der Waals surface area contributed by atoms with Gasteiger partial charge in [-0.2, -0.15) is 5.10 Å². The zero-order valence-corrected chi connectivity index (χ0v) is 14.4. The van der Waals surface area contributed by atoms with Crippen molar-refractivity contribution >= 4 is 15.9 Å². The monoisotopic (exact) mass is 343 g/mol. The first-order valence-corrected chi connectivity index (χ1v) is 8.53. The molecule has 5 heteroatoms. The Hall–Kier alpha value is -0.390. The molecule has 1 aromatic heterocycles. The number of nitrogens with one attached hydrogen (secondary N) is 1. The fraction of sp³-hybridized carbons (Fsp3) is 0.800. The lowest BCUT2D eigenvalue weighted by atomic mass is 9.98. The first kappa shape index (κ1) is 16.0. The molecule has 1 N–H and O–H groups in total. The molecule has 20 heavy (non-hydrogen) atoms. The van der Waals surface area contributed by atoms with E-state index < -0.39 is 0 Å². The summed E-state index contributed by atoms with van der Waals surface area (Å²) in [6.07, 6.45) is 4.93. The van der Waals surface area contributed by atoms with Gasteiger partial charge < -0.3 is 10.1 Å². The third-order valence-electron chi connectivity index (χ3n) is 4.00. The molecule has 0 spiro atoms. The van der Waals surface area contributed by atoms with E-state index in [1.165, 1.54) is 18.5 Å². The van der Waals surface area contributed by atoms with Crippen LogP contribution in [0.1, 0.15) is 44.5 Å². The fourth-order valence-corrected chi connectivity index (χ4v) is 3.40. The van der Waals surface area contributed by atoms with Crippen molar-refractivity contribution in [2.75, 3.05) is 13.2 Å². The highest BCUT2D eigenvalue weighted by molar-refractivity contribution is 9.10. The third kappa shape index (κ3) is 3.62. The maximum atomic E-state index is 5.98. The first-order valence-electron chi connectivity index (χ1n) is 7.74. The van der Waals surface area contributed by atoms with Gasteiger partial charge in [-0.15, -0.1) is 0 Å². The van der Waals surface area contributed by atoms with Crippen molar-refractivity contribution in [2.24, 2.45) is 0 Å². The van der Waals surface area contributed by atoms with E-state index in [9.17, 15) is 0 Å². The van der Waals surface area contributed by atoms with E-state index in [0.29, 0.717) is 12.1 Å². The summed E-state index contributed by atoms with van der Waals surface area (Å²) in [5.74, 6) is 0. The third-order valence-corrected chi connectivity index (χ3v) is 5.03.